The van der Waals surface area contributed by atoms with Gasteiger partial charge in [-0.2, -0.15) is 0 Å². The molecule has 1 aromatic carbocycles. The molecule has 0 unspecified atom stereocenters. The molecule has 1 fully saturated rings. The Hall–Kier alpha value is -1.51. The number of ether oxygens (including phenoxy) is 1. The predicted molar refractivity (Wildman–Crippen MR) is 64.9 cm³/mol. The lowest BCUT2D eigenvalue weighted by Crippen LogP contribution is -2.38. The van der Waals surface area contributed by atoms with E-state index in [2.05, 4.69) is 0 Å². The summed E-state index contributed by atoms with van der Waals surface area (Å²) in [7, 11) is 1.44. The van der Waals surface area contributed by atoms with E-state index in [9.17, 15) is 9.90 Å². The minimum atomic E-state index is -0.499. The van der Waals surface area contributed by atoms with Gasteiger partial charge in [-0.1, -0.05) is 31.4 Å². The maximum absolute atomic E-state index is 12.1. The van der Waals surface area contributed by atoms with Crippen molar-refractivity contribution in [1.29, 1.82) is 0 Å². The second-order valence-electron chi connectivity index (χ2n) is 4.68. The molecule has 0 saturated heterocycles. The summed E-state index contributed by atoms with van der Waals surface area (Å²) in [6, 6.07) is 6.93. The molecular weight excluding hydrogens is 216 g/mol. The van der Waals surface area contributed by atoms with Crippen molar-refractivity contribution in [3.8, 4) is 5.75 Å². The predicted octanol–water partition coefficient (Wildman–Crippen LogP) is 2.77. The first-order valence-corrected chi connectivity index (χ1v) is 6.07. The smallest absolute Gasteiger partial charge is 0.316 e. The fraction of sp³-hybridized carbons (Fsp3) is 0.500. The van der Waals surface area contributed by atoms with Gasteiger partial charge in [0.05, 0.1) is 12.5 Å². The fourth-order valence-corrected chi connectivity index (χ4v) is 2.74. The Morgan fingerprint density at radius 2 is 1.76 bits per heavy atom. The molecule has 1 aliphatic carbocycles. The number of rotatable bonds is 2. The Morgan fingerprint density at radius 3 is 2.29 bits per heavy atom. The number of carbonyl (C=O) groups is 1. The number of esters is 1. The van der Waals surface area contributed by atoms with Gasteiger partial charge in [-0.25, -0.2) is 0 Å². The van der Waals surface area contributed by atoms with E-state index in [-0.39, 0.29) is 11.7 Å². The van der Waals surface area contributed by atoms with Crippen LogP contribution in [0.4, 0.5) is 0 Å². The highest BCUT2D eigenvalue weighted by molar-refractivity contribution is 5.83. The zero-order valence-corrected chi connectivity index (χ0v) is 10.1. The Kier molecular flexibility index (Phi) is 3.36. The average molecular weight is 234 g/mol. The van der Waals surface area contributed by atoms with Gasteiger partial charge in [0.1, 0.15) is 5.75 Å². The molecule has 1 N–H and O–H groups in total. The summed E-state index contributed by atoms with van der Waals surface area (Å²) >= 11 is 0. The normalized spacial score (nSPS) is 18.6. The molecule has 0 amide bonds. The monoisotopic (exact) mass is 234 g/mol. The summed E-state index contributed by atoms with van der Waals surface area (Å²) in [6.07, 6.45) is 4.96. The molecule has 0 aromatic heterocycles. The maximum Gasteiger partial charge on any atom is 0.316 e. The van der Waals surface area contributed by atoms with Crippen LogP contribution in [0, 0.1) is 0 Å². The van der Waals surface area contributed by atoms with Crippen LogP contribution in [0.25, 0.3) is 0 Å². The van der Waals surface area contributed by atoms with Crippen LogP contribution < -0.4 is 0 Å². The third-order valence-corrected chi connectivity index (χ3v) is 3.70. The summed E-state index contributed by atoms with van der Waals surface area (Å²) in [6.45, 7) is 0. The molecule has 1 saturated carbocycles. The zero-order chi connectivity index (χ0) is 12.3. The molecule has 1 aromatic rings. The molecule has 92 valence electrons. The third-order valence-electron chi connectivity index (χ3n) is 3.70. The largest absolute Gasteiger partial charge is 0.508 e. The van der Waals surface area contributed by atoms with Crippen LogP contribution in [0.3, 0.4) is 0 Å². The first kappa shape index (κ1) is 12.0. The van der Waals surface area contributed by atoms with Crippen LogP contribution in [0.1, 0.15) is 37.7 Å². The average Bonchev–Trinajstić information content (AvgIpc) is 2.39. The third kappa shape index (κ3) is 2.14. The highest BCUT2D eigenvalue weighted by atomic mass is 16.5. The Labute approximate surface area is 101 Å². The second kappa shape index (κ2) is 4.78. The number of benzene rings is 1. The highest BCUT2D eigenvalue weighted by Gasteiger charge is 2.42. The SMILES string of the molecule is COC(=O)C1(c2ccc(O)cc2)CCCCC1. The van der Waals surface area contributed by atoms with Crippen molar-refractivity contribution < 1.29 is 14.6 Å². The highest BCUT2D eigenvalue weighted by Crippen LogP contribution is 2.40. The Morgan fingerprint density at radius 1 is 1.18 bits per heavy atom. The van der Waals surface area contributed by atoms with Gasteiger partial charge in [0.25, 0.3) is 0 Å². The molecule has 17 heavy (non-hydrogen) atoms. The van der Waals surface area contributed by atoms with Gasteiger partial charge in [0.2, 0.25) is 0 Å². The molecule has 2 rings (SSSR count). The Balaban J connectivity index is 2.38. The van der Waals surface area contributed by atoms with Crippen molar-refractivity contribution in [2.24, 2.45) is 0 Å². The van der Waals surface area contributed by atoms with Crippen LogP contribution in [0.2, 0.25) is 0 Å². The first-order chi connectivity index (χ1) is 8.19. The van der Waals surface area contributed by atoms with E-state index >= 15 is 0 Å². The van der Waals surface area contributed by atoms with Crippen molar-refractivity contribution in [1.82, 2.24) is 0 Å². The molecule has 3 nitrogen and oxygen atoms in total. The summed E-state index contributed by atoms with van der Waals surface area (Å²) in [5, 5.41) is 9.32. The van der Waals surface area contributed by atoms with Crippen molar-refractivity contribution >= 4 is 5.97 Å². The summed E-state index contributed by atoms with van der Waals surface area (Å²) in [4.78, 5) is 12.1. The van der Waals surface area contributed by atoms with Gasteiger partial charge in [0, 0.05) is 0 Å². The quantitative estimate of drug-likeness (QED) is 0.800. The zero-order valence-electron chi connectivity index (χ0n) is 10.1. The molecule has 0 spiro atoms. The van der Waals surface area contributed by atoms with Gasteiger partial charge in [-0.15, -0.1) is 0 Å². The molecule has 0 bridgehead atoms. The van der Waals surface area contributed by atoms with E-state index < -0.39 is 5.41 Å². The standard InChI is InChI=1S/C14H18O3/c1-17-13(16)14(9-3-2-4-10-14)11-5-7-12(15)8-6-11/h5-8,15H,2-4,9-10H2,1H3. The van der Waals surface area contributed by atoms with Gasteiger partial charge in [0.15, 0.2) is 0 Å². The van der Waals surface area contributed by atoms with E-state index in [1.54, 1.807) is 12.1 Å². The lowest BCUT2D eigenvalue weighted by Gasteiger charge is -2.34. The van der Waals surface area contributed by atoms with Crippen LogP contribution in [0.15, 0.2) is 24.3 Å². The molecule has 0 aliphatic heterocycles. The van der Waals surface area contributed by atoms with E-state index in [0.29, 0.717) is 0 Å². The number of phenolic OH excluding ortho intramolecular Hbond substituents is 1. The fourth-order valence-electron chi connectivity index (χ4n) is 2.74. The van der Waals surface area contributed by atoms with Crippen LogP contribution >= 0.6 is 0 Å². The minimum Gasteiger partial charge on any atom is -0.508 e. The molecule has 3 heteroatoms. The first-order valence-electron chi connectivity index (χ1n) is 6.07. The number of methoxy groups -OCH3 is 1. The number of phenols is 1. The van der Waals surface area contributed by atoms with Crippen LogP contribution in [-0.4, -0.2) is 18.2 Å². The molecule has 0 atom stereocenters. The van der Waals surface area contributed by atoms with Crippen LogP contribution in [-0.2, 0) is 14.9 Å². The topological polar surface area (TPSA) is 46.5 Å². The minimum absolute atomic E-state index is 0.150. The van der Waals surface area contributed by atoms with E-state index in [0.717, 1.165) is 31.2 Å². The summed E-state index contributed by atoms with van der Waals surface area (Å²) in [5.74, 6) is 0.0764. The lowest BCUT2D eigenvalue weighted by atomic mass is 9.69. The van der Waals surface area contributed by atoms with Crippen molar-refractivity contribution in [3.05, 3.63) is 29.8 Å². The van der Waals surface area contributed by atoms with Gasteiger partial charge < -0.3 is 9.84 Å². The van der Waals surface area contributed by atoms with Gasteiger partial charge in [-0.05, 0) is 30.5 Å². The van der Waals surface area contributed by atoms with Crippen molar-refractivity contribution in [2.75, 3.05) is 7.11 Å². The van der Waals surface area contributed by atoms with E-state index in [1.807, 2.05) is 12.1 Å². The molecule has 1 aliphatic rings. The summed E-state index contributed by atoms with van der Waals surface area (Å²) in [5.41, 5.74) is 0.461. The summed E-state index contributed by atoms with van der Waals surface area (Å²) < 4.78 is 4.98. The number of hydrogen-bond acceptors (Lipinski definition) is 3. The van der Waals surface area contributed by atoms with Crippen molar-refractivity contribution in [2.45, 2.75) is 37.5 Å². The second-order valence-corrected chi connectivity index (χ2v) is 4.68. The number of carbonyl (C=O) groups excluding carboxylic acids is 1. The maximum atomic E-state index is 12.1. The number of hydrogen-bond donors (Lipinski definition) is 1. The lowest BCUT2D eigenvalue weighted by molar-refractivity contribution is -0.149. The van der Waals surface area contributed by atoms with Crippen LogP contribution in [0.5, 0.6) is 5.75 Å². The Bertz CT molecular complexity index is 388. The number of aromatic hydroxyl groups is 1. The molecule has 0 radical (unpaired) electrons. The van der Waals surface area contributed by atoms with Gasteiger partial charge >= 0.3 is 5.97 Å². The van der Waals surface area contributed by atoms with E-state index in [4.69, 9.17) is 4.74 Å². The van der Waals surface area contributed by atoms with Crippen molar-refractivity contribution in [3.63, 3.8) is 0 Å². The molecular formula is C14H18O3. The molecule has 0 heterocycles. The van der Waals surface area contributed by atoms with E-state index in [1.165, 1.54) is 13.5 Å². The van der Waals surface area contributed by atoms with Gasteiger partial charge in [-0.3, -0.25) is 4.79 Å².